The van der Waals surface area contributed by atoms with Gasteiger partial charge in [0.15, 0.2) is 0 Å². The summed E-state index contributed by atoms with van der Waals surface area (Å²) in [6.07, 6.45) is 0. The third-order valence-corrected chi connectivity index (χ3v) is 13.0. The summed E-state index contributed by atoms with van der Waals surface area (Å²) in [5, 5.41) is 4.98. The van der Waals surface area contributed by atoms with E-state index in [-0.39, 0.29) is 0 Å². The SMILES string of the molecule is c1ccc(-c2ccccc2-c2c(-c3ccccc3)cccc2-c2ccccc2N(c2ccc(-c3ccc4ccccc4c3)cc2)c2ccc(-n3c4ccccc4c4ccccc43)cc2)cc1. The van der Waals surface area contributed by atoms with Gasteiger partial charge in [0.05, 0.1) is 16.7 Å². The molecule has 0 aliphatic heterocycles. The first-order valence-electron chi connectivity index (χ1n) is 22.7. The lowest BCUT2D eigenvalue weighted by Gasteiger charge is -2.29. The normalized spacial score (nSPS) is 11.3. The summed E-state index contributed by atoms with van der Waals surface area (Å²) in [7, 11) is 0. The molecular weight excluding hydrogens is 797 g/mol. The van der Waals surface area contributed by atoms with Crippen LogP contribution in [0.3, 0.4) is 0 Å². The minimum Gasteiger partial charge on any atom is -0.310 e. The molecule has 0 amide bonds. The van der Waals surface area contributed by atoms with Crippen LogP contribution < -0.4 is 4.90 Å². The highest BCUT2D eigenvalue weighted by Gasteiger charge is 2.23. The Bertz CT molecular complexity index is 3630. The topological polar surface area (TPSA) is 8.17 Å². The van der Waals surface area contributed by atoms with Crippen LogP contribution in [-0.2, 0) is 0 Å². The molecule has 0 saturated heterocycles. The van der Waals surface area contributed by atoms with E-state index in [1.54, 1.807) is 0 Å². The number of benzene rings is 11. The van der Waals surface area contributed by atoms with Gasteiger partial charge in [-0.25, -0.2) is 0 Å². The van der Waals surface area contributed by atoms with Gasteiger partial charge in [0.25, 0.3) is 0 Å². The Morgan fingerprint density at radius 2 is 0.758 bits per heavy atom. The van der Waals surface area contributed by atoms with Crippen LogP contribution in [0.15, 0.2) is 267 Å². The molecule has 1 aromatic heterocycles. The first-order valence-corrected chi connectivity index (χ1v) is 22.7. The summed E-state index contributed by atoms with van der Waals surface area (Å²) in [4.78, 5) is 2.43. The van der Waals surface area contributed by atoms with Gasteiger partial charge in [-0.1, -0.05) is 206 Å². The average molecular weight is 841 g/mol. The maximum absolute atomic E-state index is 2.43. The molecule has 0 N–H and O–H groups in total. The lowest BCUT2D eigenvalue weighted by atomic mass is 9.84. The van der Waals surface area contributed by atoms with Gasteiger partial charge in [-0.15, -0.1) is 0 Å². The third kappa shape index (κ3) is 6.93. The lowest BCUT2D eigenvalue weighted by molar-refractivity contribution is 1.17. The van der Waals surface area contributed by atoms with E-state index < -0.39 is 0 Å². The van der Waals surface area contributed by atoms with Crippen molar-refractivity contribution in [2.24, 2.45) is 0 Å². The largest absolute Gasteiger partial charge is 0.310 e. The molecule has 0 aliphatic rings. The molecule has 11 aromatic carbocycles. The number of nitrogens with zero attached hydrogens (tertiary/aromatic N) is 2. The van der Waals surface area contributed by atoms with Gasteiger partial charge in [0.1, 0.15) is 0 Å². The fourth-order valence-electron chi connectivity index (χ4n) is 9.94. The maximum atomic E-state index is 2.43. The standard InChI is InChI=1S/C64H44N2/c1-3-19-47(20-4-1)54-24-9-10-28-59(54)64-55(48-21-5-2-6-22-48)29-17-30-60(64)58-27-13-14-31-61(58)65(51-38-36-46(37-39-51)50-35-34-45-18-7-8-23-49(45)44-50)52-40-42-53(43-41-52)66-62-32-15-11-25-56(62)57-26-12-16-33-63(57)66/h1-44H. The quantitative estimate of drug-likeness (QED) is 0.141. The molecule has 0 unspecified atom stereocenters. The predicted molar refractivity (Wildman–Crippen MR) is 280 cm³/mol. The zero-order chi connectivity index (χ0) is 43.8. The minimum absolute atomic E-state index is 1.07. The van der Waals surface area contributed by atoms with Gasteiger partial charge in [-0.05, 0) is 122 Å². The van der Waals surface area contributed by atoms with E-state index in [1.807, 2.05) is 0 Å². The van der Waals surface area contributed by atoms with Crippen molar-refractivity contribution >= 4 is 49.6 Å². The second-order valence-corrected chi connectivity index (χ2v) is 16.9. The summed E-state index contributed by atoms with van der Waals surface area (Å²) in [5.74, 6) is 0. The molecule has 12 aromatic rings. The van der Waals surface area contributed by atoms with Crippen molar-refractivity contribution in [2.75, 3.05) is 4.90 Å². The fourth-order valence-corrected chi connectivity index (χ4v) is 9.94. The number of aromatic nitrogens is 1. The second-order valence-electron chi connectivity index (χ2n) is 16.9. The van der Waals surface area contributed by atoms with Crippen LogP contribution in [-0.4, -0.2) is 4.57 Å². The van der Waals surface area contributed by atoms with Crippen LogP contribution in [0, 0.1) is 0 Å². The first kappa shape index (κ1) is 38.9. The summed E-state index contributed by atoms with van der Waals surface area (Å²) in [5.41, 5.74) is 18.5. The predicted octanol–water partition coefficient (Wildman–Crippen LogP) is 17.7. The van der Waals surface area contributed by atoms with E-state index in [0.717, 1.165) is 33.9 Å². The van der Waals surface area contributed by atoms with E-state index in [2.05, 4.69) is 276 Å². The fraction of sp³-hybridized carbons (Fsp3) is 0. The van der Waals surface area contributed by atoms with Crippen molar-refractivity contribution in [1.82, 2.24) is 4.57 Å². The van der Waals surface area contributed by atoms with Crippen LogP contribution >= 0.6 is 0 Å². The van der Waals surface area contributed by atoms with Gasteiger partial charge in [0.2, 0.25) is 0 Å². The highest BCUT2D eigenvalue weighted by atomic mass is 15.1. The van der Waals surface area contributed by atoms with Crippen LogP contribution in [0.4, 0.5) is 17.1 Å². The molecule has 2 nitrogen and oxygen atoms in total. The van der Waals surface area contributed by atoms with Crippen molar-refractivity contribution in [3.63, 3.8) is 0 Å². The van der Waals surface area contributed by atoms with Crippen molar-refractivity contribution in [1.29, 1.82) is 0 Å². The molecule has 0 fully saturated rings. The zero-order valence-electron chi connectivity index (χ0n) is 36.3. The van der Waals surface area contributed by atoms with E-state index in [9.17, 15) is 0 Å². The maximum Gasteiger partial charge on any atom is 0.0541 e. The number of anilines is 3. The number of fused-ring (bicyclic) bond motifs is 4. The Morgan fingerprint density at radius 1 is 0.273 bits per heavy atom. The molecule has 1 heterocycles. The molecule has 0 aliphatic carbocycles. The van der Waals surface area contributed by atoms with Gasteiger partial charge in [-0.2, -0.15) is 0 Å². The molecule has 0 radical (unpaired) electrons. The Morgan fingerprint density at radius 3 is 1.44 bits per heavy atom. The summed E-state index contributed by atoms with van der Waals surface area (Å²) in [6.45, 7) is 0. The molecule has 66 heavy (non-hydrogen) atoms. The minimum atomic E-state index is 1.07. The summed E-state index contributed by atoms with van der Waals surface area (Å²) in [6, 6.07) is 97.0. The highest BCUT2D eigenvalue weighted by molar-refractivity contribution is 6.09. The number of para-hydroxylation sites is 3. The van der Waals surface area contributed by atoms with Crippen molar-refractivity contribution < 1.29 is 0 Å². The van der Waals surface area contributed by atoms with Crippen LogP contribution in [0.25, 0.3) is 93.9 Å². The highest BCUT2D eigenvalue weighted by Crippen LogP contribution is 2.48. The van der Waals surface area contributed by atoms with E-state index >= 15 is 0 Å². The first-order chi connectivity index (χ1) is 32.8. The molecule has 0 saturated carbocycles. The number of hydrogen-bond donors (Lipinski definition) is 0. The third-order valence-electron chi connectivity index (χ3n) is 13.0. The Hall–Kier alpha value is -8.72. The van der Waals surface area contributed by atoms with E-state index in [0.29, 0.717) is 0 Å². The molecular formula is C64H44N2. The van der Waals surface area contributed by atoms with E-state index in [4.69, 9.17) is 0 Å². The average Bonchev–Trinajstić information content (AvgIpc) is 3.74. The lowest BCUT2D eigenvalue weighted by Crippen LogP contribution is -2.11. The van der Waals surface area contributed by atoms with E-state index in [1.165, 1.54) is 77.1 Å². The number of hydrogen-bond acceptors (Lipinski definition) is 1. The van der Waals surface area contributed by atoms with Gasteiger partial charge in [-0.3, -0.25) is 0 Å². The molecule has 0 atom stereocenters. The molecule has 310 valence electrons. The Kier molecular flexibility index (Phi) is 9.89. The van der Waals surface area contributed by atoms with Crippen LogP contribution in [0.1, 0.15) is 0 Å². The molecule has 2 heteroatoms. The number of rotatable bonds is 9. The Labute approximate surface area is 385 Å². The van der Waals surface area contributed by atoms with Crippen LogP contribution in [0.5, 0.6) is 0 Å². The molecule has 12 rings (SSSR count). The molecule has 0 spiro atoms. The van der Waals surface area contributed by atoms with Crippen molar-refractivity contribution in [3.05, 3.63) is 267 Å². The molecule has 0 bridgehead atoms. The van der Waals surface area contributed by atoms with Crippen LogP contribution in [0.2, 0.25) is 0 Å². The smallest absolute Gasteiger partial charge is 0.0541 e. The second kappa shape index (κ2) is 16.8. The van der Waals surface area contributed by atoms with Gasteiger partial charge < -0.3 is 9.47 Å². The van der Waals surface area contributed by atoms with Gasteiger partial charge in [0, 0.05) is 33.4 Å². The summed E-state index contributed by atoms with van der Waals surface area (Å²) < 4.78 is 2.39. The van der Waals surface area contributed by atoms with Crippen molar-refractivity contribution in [2.45, 2.75) is 0 Å². The zero-order valence-corrected chi connectivity index (χ0v) is 36.3. The monoisotopic (exact) mass is 840 g/mol. The van der Waals surface area contributed by atoms with Crippen molar-refractivity contribution in [3.8, 4) is 61.3 Å². The Balaban J connectivity index is 1.06. The van der Waals surface area contributed by atoms with Gasteiger partial charge >= 0.3 is 0 Å². The summed E-state index contributed by atoms with van der Waals surface area (Å²) >= 11 is 0.